The Hall–Kier alpha value is -1.98. The second kappa shape index (κ2) is 5.77. The van der Waals surface area contributed by atoms with E-state index in [1.807, 2.05) is 12.1 Å². The third-order valence-electron chi connectivity index (χ3n) is 3.01. The first-order valence-corrected chi connectivity index (χ1v) is 6.50. The summed E-state index contributed by atoms with van der Waals surface area (Å²) < 4.78 is 0. The van der Waals surface area contributed by atoms with E-state index in [1.165, 1.54) is 11.1 Å². The molecule has 2 aromatic rings. The van der Waals surface area contributed by atoms with Gasteiger partial charge in [0.05, 0.1) is 10.6 Å². The molecule has 0 amide bonds. The fourth-order valence-electron chi connectivity index (χ4n) is 1.97. The summed E-state index contributed by atoms with van der Waals surface area (Å²) in [7, 11) is 0. The van der Waals surface area contributed by atoms with Crippen molar-refractivity contribution in [3.8, 4) is 6.07 Å². The summed E-state index contributed by atoms with van der Waals surface area (Å²) in [6.07, 6.45) is 0. The third kappa shape index (κ3) is 3.27. The molecular weight excluding hydrogens is 256 g/mol. The Kier molecular flexibility index (Phi) is 4.09. The van der Waals surface area contributed by atoms with Gasteiger partial charge in [-0.25, -0.2) is 0 Å². The van der Waals surface area contributed by atoms with Gasteiger partial charge in [0.1, 0.15) is 6.07 Å². The average molecular weight is 271 g/mol. The molecule has 0 aromatic heterocycles. The molecule has 1 N–H and O–H groups in total. The molecule has 0 spiro atoms. The van der Waals surface area contributed by atoms with E-state index in [2.05, 4.69) is 43.4 Å². The monoisotopic (exact) mass is 270 g/mol. The van der Waals surface area contributed by atoms with Gasteiger partial charge >= 0.3 is 0 Å². The number of hydrogen-bond acceptors (Lipinski definition) is 2. The Bertz CT molecular complexity index is 629. The van der Waals surface area contributed by atoms with E-state index in [0.29, 0.717) is 10.6 Å². The van der Waals surface area contributed by atoms with Crippen molar-refractivity contribution in [2.24, 2.45) is 0 Å². The van der Waals surface area contributed by atoms with Crippen LogP contribution in [0.25, 0.3) is 0 Å². The maximum Gasteiger partial charge on any atom is 0.101 e. The Labute approximate surface area is 118 Å². The van der Waals surface area contributed by atoms with Gasteiger partial charge in [0.2, 0.25) is 0 Å². The normalized spacial score (nSPS) is 11.7. The zero-order chi connectivity index (χ0) is 13.8. The highest BCUT2D eigenvalue weighted by Gasteiger charge is 2.07. The van der Waals surface area contributed by atoms with Crippen LogP contribution < -0.4 is 5.32 Å². The van der Waals surface area contributed by atoms with Gasteiger partial charge in [0.15, 0.2) is 0 Å². The molecule has 0 fully saturated rings. The summed E-state index contributed by atoms with van der Waals surface area (Å²) in [5.41, 5.74) is 3.84. The van der Waals surface area contributed by atoms with Crippen LogP contribution in [-0.4, -0.2) is 0 Å². The van der Waals surface area contributed by atoms with Gasteiger partial charge in [-0.1, -0.05) is 41.4 Å². The number of aryl methyl sites for hydroxylation is 1. The van der Waals surface area contributed by atoms with Crippen molar-refractivity contribution < 1.29 is 0 Å². The zero-order valence-electron chi connectivity index (χ0n) is 10.9. The van der Waals surface area contributed by atoms with Crippen LogP contribution >= 0.6 is 11.6 Å². The van der Waals surface area contributed by atoms with E-state index < -0.39 is 0 Å². The molecule has 0 radical (unpaired) electrons. The summed E-state index contributed by atoms with van der Waals surface area (Å²) in [6, 6.07) is 16.0. The third-order valence-corrected chi connectivity index (χ3v) is 3.34. The summed E-state index contributed by atoms with van der Waals surface area (Å²) in [4.78, 5) is 0. The fraction of sp³-hybridized carbons (Fsp3) is 0.188. The number of halogens is 1. The summed E-state index contributed by atoms with van der Waals surface area (Å²) >= 11 is 5.92. The first-order chi connectivity index (χ1) is 9.10. The quantitative estimate of drug-likeness (QED) is 0.878. The summed E-state index contributed by atoms with van der Waals surface area (Å²) in [6.45, 7) is 4.17. The van der Waals surface area contributed by atoms with Crippen LogP contribution in [0.1, 0.15) is 29.7 Å². The number of nitriles is 1. The van der Waals surface area contributed by atoms with Gasteiger partial charge in [0.25, 0.3) is 0 Å². The lowest BCUT2D eigenvalue weighted by atomic mass is 10.1. The number of nitrogens with zero attached hydrogens (tertiary/aromatic N) is 1. The fourth-order valence-corrected chi connectivity index (χ4v) is 2.13. The Morgan fingerprint density at radius 2 is 2.00 bits per heavy atom. The highest BCUT2D eigenvalue weighted by Crippen LogP contribution is 2.24. The number of benzene rings is 2. The molecular formula is C16H15ClN2. The number of rotatable bonds is 3. The maximum atomic E-state index is 8.97. The summed E-state index contributed by atoms with van der Waals surface area (Å²) in [5, 5.41) is 12.8. The van der Waals surface area contributed by atoms with Crippen molar-refractivity contribution in [1.29, 1.82) is 5.26 Å². The topological polar surface area (TPSA) is 35.8 Å². The van der Waals surface area contributed by atoms with E-state index >= 15 is 0 Å². The minimum absolute atomic E-state index is 0.174. The van der Waals surface area contributed by atoms with Crippen LogP contribution in [0.2, 0.25) is 5.02 Å². The lowest BCUT2D eigenvalue weighted by Crippen LogP contribution is -2.06. The number of nitrogens with one attached hydrogen (secondary N) is 1. The second-order valence-electron chi connectivity index (χ2n) is 4.59. The van der Waals surface area contributed by atoms with Crippen molar-refractivity contribution in [1.82, 2.24) is 0 Å². The molecule has 2 rings (SSSR count). The van der Waals surface area contributed by atoms with E-state index in [-0.39, 0.29) is 6.04 Å². The van der Waals surface area contributed by atoms with Gasteiger partial charge in [-0.05, 0) is 37.6 Å². The molecule has 1 unspecified atom stereocenters. The first kappa shape index (κ1) is 13.5. The van der Waals surface area contributed by atoms with Crippen LogP contribution in [-0.2, 0) is 0 Å². The molecule has 0 aliphatic rings. The van der Waals surface area contributed by atoms with E-state index in [9.17, 15) is 0 Å². The molecule has 1 atom stereocenters. The van der Waals surface area contributed by atoms with Crippen LogP contribution in [0.15, 0.2) is 42.5 Å². The average Bonchev–Trinajstić information content (AvgIpc) is 2.41. The maximum absolute atomic E-state index is 8.97. The largest absolute Gasteiger partial charge is 0.378 e. The van der Waals surface area contributed by atoms with Gasteiger partial charge in [-0.2, -0.15) is 5.26 Å². The van der Waals surface area contributed by atoms with Gasteiger partial charge in [-0.3, -0.25) is 0 Å². The van der Waals surface area contributed by atoms with Crippen molar-refractivity contribution in [3.05, 3.63) is 64.2 Å². The van der Waals surface area contributed by atoms with Gasteiger partial charge in [-0.15, -0.1) is 0 Å². The Morgan fingerprint density at radius 1 is 1.21 bits per heavy atom. The van der Waals surface area contributed by atoms with Crippen molar-refractivity contribution in [3.63, 3.8) is 0 Å². The van der Waals surface area contributed by atoms with E-state index in [0.717, 1.165) is 5.69 Å². The molecule has 0 saturated heterocycles. The molecule has 0 aliphatic carbocycles. The van der Waals surface area contributed by atoms with Crippen LogP contribution in [0.4, 0.5) is 5.69 Å². The Balaban J connectivity index is 2.20. The standard InChI is InChI=1S/C16H15ClN2/c1-11-4-3-5-13(8-11)12(2)19-15-6-7-16(17)14(9-15)10-18/h3-9,12,19H,1-2H3. The minimum Gasteiger partial charge on any atom is -0.378 e. The molecule has 2 nitrogen and oxygen atoms in total. The smallest absolute Gasteiger partial charge is 0.101 e. The molecule has 0 aliphatic heterocycles. The van der Waals surface area contributed by atoms with Crippen molar-refractivity contribution in [2.45, 2.75) is 19.9 Å². The molecule has 96 valence electrons. The van der Waals surface area contributed by atoms with Crippen LogP contribution in [0, 0.1) is 18.3 Å². The SMILES string of the molecule is Cc1cccc(C(C)Nc2ccc(Cl)c(C#N)c2)c1. The number of anilines is 1. The van der Waals surface area contributed by atoms with E-state index in [1.54, 1.807) is 12.1 Å². The lowest BCUT2D eigenvalue weighted by Gasteiger charge is -2.16. The molecule has 3 heteroatoms. The predicted octanol–water partition coefficient (Wildman–Crippen LogP) is 4.69. The van der Waals surface area contributed by atoms with Crippen LogP contribution in [0.3, 0.4) is 0 Å². The molecule has 19 heavy (non-hydrogen) atoms. The second-order valence-corrected chi connectivity index (χ2v) is 4.99. The summed E-state index contributed by atoms with van der Waals surface area (Å²) in [5.74, 6) is 0. The van der Waals surface area contributed by atoms with Crippen molar-refractivity contribution in [2.75, 3.05) is 5.32 Å². The highest BCUT2D eigenvalue weighted by atomic mass is 35.5. The highest BCUT2D eigenvalue weighted by molar-refractivity contribution is 6.31. The first-order valence-electron chi connectivity index (χ1n) is 6.13. The lowest BCUT2D eigenvalue weighted by molar-refractivity contribution is 0.883. The van der Waals surface area contributed by atoms with Crippen LogP contribution in [0.5, 0.6) is 0 Å². The molecule has 0 bridgehead atoms. The minimum atomic E-state index is 0.174. The predicted molar refractivity (Wildman–Crippen MR) is 79.4 cm³/mol. The van der Waals surface area contributed by atoms with Crippen molar-refractivity contribution >= 4 is 17.3 Å². The number of hydrogen-bond donors (Lipinski definition) is 1. The molecule has 2 aromatic carbocycles. The zero-order valence-corrected chi connectivity index (χ0v) is 11.7. The molecule has 0 heterocycles. The molecule has 0 saturated carbocycles. The van der Waals surface area contributed by atoms with Gasteiger partial charge in [0, 0.05) is 11.7 Å². The van der Waals surface area contributed by atoms with E-state index in [4.69, 9.17) is 16.9 Å². The van der Waals surface area contributed by atoms with Gasteiger partial charge < -0.3 is 5.32 Å². The Morgan fingerprint density at radius 3 is 2.68 bits per heavy atom.